The molecule has 0 aromatic heterocycles. The summed E-state index contributed by atoms with van der Waals surface area (Å²) < 4.78 is 47.8. The van der Waals surface area contributed by atoms with Crippen LogP contribution < -0.4 is 0 Å². The van der Waals surface area contributed by atoms with Gasteiger partial charge in [-0.15, -0.1) is 0 Å². The van der Waals surface area contributed by atoms with Gasteiger partial charge in [0, 0.05) is 12.8 Å². The third-order valence-corrected chi connectivity index (χ3v) is 12.0. The number of ether oxygens (including phenoxy) is 2. The molecule has 0 aliphatic rings. The summed E-state index contributed by atoms with van der Waals surface area (Å²) >= 11 is 0. The first-order chi connectivity index (χ1) is 30.6. The Hall–Kier alpha value is -1.70. The van der Waals surface area contributed by atoms with Crippen LogP contribution in [0.25, 0.3) is 0 Å². The van der Waals surface area contributed by atoms with Crippen molar-refractivity contribution in [1.82, 2.24) is 0 Å². The maximum absolute atomic E-state index is 12.7. The number of aliphatic hydroxyl groups excluding tert-OH is 2. The van der Waals surface area contributed by atoms with E-state index in [9.17, 15) is 33.8 Å². The Balaban J connectivity index is 4.58. The molecule has 0 saturated heterocycles. The van der Waals surface area contributed by atoms with E-state index in [0.29, 0.717) is 6.42 Å². The molecule has 4 atom stereocenters. The molecular weight excluding hydrogens is 862 g/mol. The molecular formula is C48H90O14P2. The van der Waals surface area contributed by atoms with Crippen LogP contribution in [-0.2, 0) is 41.8 Å². The highest BCUT2D eigenvalue weighted by Gasteiger charge is 2.28. The topological polar surface area (TPSA) is 216 Å². The number of unbranched alkanes of at least 4 members (excludes halogenated alkanes) is 21. The minimum Gasteiger partial charge on any atom is -0.462 e. The summed E-state index contributed by atoms with van der Waals surface area (Å²) in [6.45, 7) is 3.91. The van der Waals surface area contributed by atoms with Gasteiger partial charge < -0.3 is 34.4 Å². The largest absolute Gasteiger partial charge is 0.472 e. The first-order valence-corrected chi connectivity index (χ1v) is 27.7. The SMILES string of the molecule is CCCCCCCC/C=C/C/C=C/C=C/C(O)CCCC(=O)O[C@H](COC(=O)CCCCCCCCCCCCCCCCCCC(C)C)COP(=O)(O)OC[C@@H](O)COP(=O)(O)O. The minimum absolute atomic E-state index is 0.0908. The molecule has 0 aliphatic carbocycles. The summed E-state index contributed by atoms with van der Waals surface area (Å²) in [4.78, 5) is 52.9. The van der Waals surface area contributed by atoms with Crippen molar-refractivity contribution in [3.63, 3.8) is 0 Å². The molecule has 5 N–H and O–H groups in total. The van der Waals surface area contributed by atoms with Crippen molar-refractivity contribution < 1.29 is 66.7 Å². The molecule has 0 heterocycles. The lowest BCUT2D eigenvalue weighted by Gasteiger charge is -2.20. The van der Waals surface area contributed by atoms with Crippen LogP contribution in [0.15, 0.2) is 36.5 Å². The summed E-state index contributed by atoms with van der Waals surface area (Å²) in [5.74, 6) is -0.403. The molecule has 0 saturated carbocycles. The number of hydrogen-bond donors (Lipinski definition) is 5. The number of hydrogen-bond acceptors (Lipinski definition) is 11. The summed E-state index contributed by atoms with van der Waals surface area (Å²) in [5.41, 5.74) is 0. The summed E-state index contributed by atoms with van der Waals surface area (Å²) in [6.07, 6.45) is 38.8. The molecule has 2 unspecified atom stereocenters. The predicted molar refractivity (Wildman–Crippen MR) is 254 cm³/mol. The molecule has 64 heavy (non-hydrogen) atoms. The second-order valence-electron chi connectivity index (χ2n) is 17.4. The molecule has 0 rings (SSSR count). The van der Waals surface area contributed by atoms with Crippen molar-refractivity contribution in [3.05, 3.63) is 36.5 Å². The van der Waals surface area contributed by atoms with Gasteiger partial charge in [-0.3, -0.25) is 23.2 Å². The van der Waals surface area contributed by atoms with Crippen LogP contribution in [0.3, 0.4) is 0 Å². The normalized spacial score (nSPS) is 14.8. The third kappa shape index (κ3) is 46.8. The van der Waals surface area contributed by atoms with E-state index in [-0.39, 0.29) is 25.7 Å². The average molecular weight is 953 g/mol. The van der Waals surface area contributed by atoms with E-state index in [1.807, 2.05) is 12.2 Å². The molecule has 0 radical (unpaired) electrons. The van der Waals surface area contributed by atoms with E-state index in [1.165, 1.54) is 122 Å². The molecule has 0 aromatic carbocycles. The van der Waals surface area contributed by atoms with Crippen molar-refractivity contribution in [2.75, 3.05) is 26.4 Å². The fraction of sp³-hybridized carbons (Fsp3) is 0.833. The van der Waals surface area contributed by atoms with Crippen LogP contribution in [0.2, 0.25) is 0 Å². The molecule has 0 amide bonds. The molecule has 0 fully saturated rings. The molecule has 0 aliphatic heterocycles. The first kappa shape index (κ1) is 62.3. The maximum atomic E-state index is 12.7. The maximum Gasteiger partial charge on any atom is 0.472 e. The number of rotatable bonds is 46. The molecule has 0 aromatic rings. The van der Waals surface area contributed by atoms with Gasteiger partial charge in [0.15, 0.2) is 6.10 Å². The Labute approximate surface area is 387 Å². The highest BCUT2D eigenvalue weighted by atomic mass is 31.2. The van der Waals surface area contributed by atoms with Gasteiger partial charge in [0.1, 0.15) is 12.7 Å². The second-order valence-corrected chi connectivity index (χ2v) is 20.1. The van der Waals surface area contributed by atoms with Crippen LogP contribution in [-0.4, -0.2) is 81.6 Å². The lowest BCUT2D eigenvalue weighted by Crippen LogP contribution is -2.30. The predicted octanol–water partition coefficient (Wildman–Crippen LogP) is 12.1. The van der Waals surface area contributed by atoms with Crippen molar-refractivity contribution in [1.29, 1.82) is 0 Å². The van der Waals surface area contributed by atoms with E-state index < -0.39 is 72.3 Å². The Kier molecular flexibility index (Phi) is 41.5. The molecule has 376 valence electrons. The smallest absolute Gasteiger partial charge is 0.462 e. The van der Waals surface area contributed by atoms with Crippen LogP contribution >= 0.6 is 15.6 Å². The zero-order chi connectivity index (χ0) is 47.6. The Morgan fingerprint density at radius 2 is 1.06 bits per heavy atom. The van der Waals surface area contributed by atoms with Gasteiger partial charge in [0.05, 0.1) is 25.9 Å². The quantitative estimate of drug-likeness (QED) is 0.0126. The molecule has 16 heteroatoms. The Bertz CT molecular complexity index is 1300. The fourth-order valence-corrected chi connectivity index (χ4v) is 7.93. The monoisotopic (exact) mass is 953 g/mol. The Morgan fingerprint density at radius 1 is 0.547 bits per heavy atom. The third-order valence-electron chi connectivity index (χ3n) is 10.6. The van der Waals surface area contributed by atoms with Crippen LogP contribution in [0.1, 0.15) is 207 Å². The van der Waals surface area contributed by atoms with Gasteiger partial charge in [-0.1, -0.05) is 192 Å². The average Bonchev–Trinajstić information content (AvgIpc) is 3.24. The molecule has 0 spiro atoms. The lowest BCUT2D eigenvalue weighted by atomic mass is 10.0. The number of aliphatic hydroxyl groups is 2. The zero-order valence-corrected chi connectivity index (χ0v) is 41.7. The number of carbonyl (C=O) groups is 2. The van der Waals surface area contributed by atoms with Crippen molar-refractivity contribution >= 4 is 27.6 Å². The van der Waals surface area contributed by atoms with Crippen molar-refractivity contribution in [2.24, 2.45) is 5.92 Å². The van der Waals surface area contributed by atoms with E-state index in [4.69, 9.17) is 23.8 Å². The highest BCUT2D eigenvalue weighted by molar-refractivity contribution is 7.47. The second kappa shape index (κ2) is 42.6. The number of allylic oxidation sites excluding steroid dienone is 5. The molecule has 0 bridgehead atoms. The van der Waals surface area contributed by atoms with Gasteiger partial charge in [-0.25, -0.2) is 9.13 Å². The Morgan fingerprint density at radius 3 is 1.64 bits per heavy atom. The number of phosphoric ester groups is 2. The summed E-state index contributed by atoms with van der Waals surface area (Å²) in [5, 5.41) is 20.1. The fourth-order valence-electron chi connectivity index (χ4n) is 6.78. The summed E-state index contributed by atoms with van der Waals surface area (Å²) in [7, 11) is -9.75. The van der Waals surface area contributed by atoms with E-state index in [1.54, 1.807) is 12.2 Å². The van der Waals surface area contributed by atoms with Gasteiger partial charge in [0.25, 0.3) is 0 Å². The van der Waals surface area contributed by atoms with Crippen LogP contribution in [0.4, 0.5) is 0 Å². The zero-order valence-electron chi connectivity index (χ0n) is 39.9. The van der Waals surface area contributed by atoms with Crippen molar-refractivity contribution in [3.8, 4) is 0 Å². The minimum atomic E-state index is -4.89. The van der Waals surface area contributed by atoms with Gasteiger partial charge in [0.2, 0.25) is 0 Å². The first-order valence-electron chi connectivity index (χ1n) is 24.6. The molecule has 14 nitrogen and oxygen atoms in total. The van der Waals surface area contributed by atoms with Crippen molar-refractivity contribution in [2.45, 2.75) is 225 Å². The standard InChI is InChI=1S/C48H90O14P2/c1-4-5-6-7-8-9-10-15-19-22-25-28-31-35-44(49)36-33-38-48(52)62-46(42-61-64(56,57)60-40-45(50)39-59-63(53,54)55)41-58-47(51)37-32-29-26-23-20-17-14-12-11-13-16-18-21-24-27-30-34-43(2)3/h15,19,25,28,31,35,43-46,49-50H,4-14,16-18,20-24,26-27,29-30,32-34,36-42H2,1-3H3,(H,56,57)(H2,53,54,55)/b19-15+,28-25+,35-31+/t44?,45-,46+/m0/s1. The van der Waals surface area contributed by atoms with Gasteiger partial charge in [-0.2, -0.15) is 0 Å². The van der Waals surface area contributed by atoms with E-state index in [0.717, 1.165) is 38.0 Å². The van der Waals surface area contributed by atoms with Crippen LogP contribution in [0, 0.1) is 5.92 Å². The highest BCUT2D eigenvalue weighted by Crippen LogP contribution is 2.44. The number of carbonyl (C=O) groups excluding carboxylic acids is 2. The van der Waals surface area contributed by atoms with Gasteiger partial charge >= 0.3 is 27.6 Å². The number of phosphoric acid groups is 2. The van der Waals surface area contributed by atoms with Gasteiger partial charge in [-0.05, 0) is 44.4 Å². The van der Waals surface area contributed by atoms with Crippen LogP contribution in [0.5, 0.6) is 0 Å². The summed E-state index contributed by atoms with van der Waals surface area (Å²) in [6, 6.07) is 0. The van der Waals surface area contributed by atoms with E-state index in [2.05, 4.69) is 42.0 Å². The van der Waals surface area contributed by atoms with E-state index >= 15 is 0 Å². The number of esters is 2. The lowest BCUT2D eigenvalue weighted by molar-refractivity contribution is -0.161.